The number of aryl methyl sites for hydroxylation is 3. The first-order chi connectivity index (χ1) is 16.6. The summed E-state index contributed by atoms with van der Waals surface area (Å²) in [6, 6.07) is 17.6. The van der Waals surface area contributed by atoms with Gasteiger partial charge >= 0.3 is 0 Å². The highest BCUT2D eigenvalue weighted by Gasteiger charge is 2.19. The molecule has 8 heteroatoms. The molecule has 3 N–H and O–H groups in total. The molecular formula is C27H27N3O4S. The molecule has 0 unspecified atom stereocenters. The number of amides is 1. The number of H-pyrrole nitrogens is 1. The Hall–Kier alpha value is -3.91. The zero-order chi connectivity index (χ0) is 25.2. The number of hydrogen-bond acceptors (Lipinski definition) is 4. The molecule has 0 aliphatic carbocycles. The van der Waals surface area contributed by atoms with E-state index in [1.807, 2.05) is 57.2 Å². The third-order valence-corrected chi connectivity index (χ3v) is 7.22. The number of aromatic nitrogens is 1. The van der Waals surface area contributed by atoms with Crippen molar-refractivity contribution in [1.29, 1.82) is 0 Å². The van der Waals surface area contributed by atoms with Crippen LogP contribution >= 0.6 is 0 Å². The van der Waals surface area contributed by atoms with E-state index in [1.165, 1.54) is 24.4 Å². The molecule has 0 spiro atoms. The average molecular weight is 490 g/mol. The van der Waals surface area contributed by atoms with E-state index in [-0.39, 0.29) is 15.8 Å². The topological polar surface area (TPSA) is 108 Å². The van der Waals surface area contributed by atoms with Crippen LogP contribution in [0.25, 0.3) is 10.9 Å². The summed E-state index contributed by atoms with van der Waals surface area (Å²) in [6.07, 6.45) is 1.98. The number of aromatic amines is 1. The van der Waals surface area contributed by atoms with Crippen molar-refractivity contribution < 1.29 is 13.2 Å². The Balaban J connectivity index is 1.56. The summed E-state index contributed by atoms with van der Waals surface area (Å²) in [7, 11) is -3.94. The predicted molar refractivity (Wildman–Crippen MR) is 139 cm³/mol. The fraction of sp³-hybridized carbons (Fsp3) is 0.185. The van der Waals surface area contributed by atoms with Crippen molar-refractivity contribution in [3.63, 3.8) is 0 Å². The lowest BCUT2D eigenvalue weighted by molar-refractivity contribution is 0.0953. The van der Waals surface area contributed by atoms with Crippen molar-refractivity contribution in [2.75, 3.05) is 11.3 Å². The van der Waals surface area contributed by atoms with Crippen molar-refractivity contribution in [2.24, 2.45) is 0 Å². The molecule has 180 valence electrons. The summed E-state index contributed by atoms with van der Waals surface area (Å²) in [5.41, 5.74) is 4.35. The first kappa shape index (κ1) is 24.2. The number of nitrogens with one attached hydrogen (secondary N) is 3. The minimum Gasteiger partial charge on any atom is -0.360 e. The van der Waals surface area contributed by atoms with E-state index in [0.717, 1.165) is 22.3 Å². The van der Waals surface area contributed by atoms with Gasteiger partial charge < -0.3 is 10.3 Å². The molecule has 0 saturated heterocycles. The second kappa shape index (κ2) is 9.76. The summed E-state index contributed by atoms with van der Waals surface area (Å²) < 4.78 is 28.6. The van der Waals surface area contributed by atoms with Crippen LogP contribution in [0.1, 0.15) is 32.6 Å². The summed E-state index contributed by atoms with van der Waals surface area (Å²) in [5, 5.41) is 2.89. The molecule has 0 aliphatic rings. The lowest BCUT2D eigenvalue weighted by Gasteiger charge is -2.12. The molecule has 0 fully saturated rings. The van der Waals surface area contributed by atoms with Gasteiger partial charge in [0.05, 0.1) is 10.6 Å². The minimum atomic E-state index is -3.94. The van der Waals surface area contributed by atoms with E-state index >= 15 is 0 Å². The number of anilines is 1. The molecule has 0 saturated carbocycles. The lowest BCUT2D eigenvalue weighted by Crippen LogP contribution is -2.30. The van der Waals surface area contributed by atoms with Gasteiger partial charge in [-0.05, 0) is 62.6 Å². The molecule has 4 rings (SSSR count). The second-order valence-corrected chi connectivity index (χ2v) is 10.3. The number of carbonyl (C=O) groups is 1. The van der Waals surface area contributed by atoms with Gasteiger partial charge in [0.1, 0.15) is 5.56 Å². The molecule has 1 aromatic heterocycles. The predicted octanol–water partition coefficient (Wildman–Crippen LogP) is 4.23. The van der Waals surface area contributed by atoms with Crippen LogP contribution in [0, 0.1) is 20.8 Å². The first-order valence-electron chi connectivity index (χ1n) is 11.2. The largest absolute Gasteiger partial charge is 0.360 e. The van der Waals surface area contributed by atoms with Crippen LogP contribution in [-0.2, 0) is 16.4 Å². The second-order valence-electron chi connectivity index (χ2n) is 8.65. The summed E-state index contributed by atoms with van der Waals surface area (Å²) in [6.45, 7) is 6.12. The van der Waals surface area contributed by atoms with E-state index in [4.69, 9.17) is 0 Å². The van der Waals surface area contributed by atoms with Crippen molar-refractivity contribution in [2.45, 2.75) is 32.1 Å². The molecule has 4 aromatic rings. The van der Waals surface area contributed by atoms with Crippen molar-refractivity contribution >= 4 is 32.5 Å². The highest BCUT2D eigenvalue weighted by molar-refractivity contribution is 7.92. The SMILES string of the molecule is Cc1ccc(CCNC(=O)c2c[nH]c3ccc(S(=O)(=O)Nc4ccc(C)cc4C)cc3c2=O)cc1. The minimum absolute atomic E-state index is 0.0626. The van der Waals surface area contributed by atoms with Crippen LogP contribution in [-0.4, -0.2) is 25.9 Å². The highest BCUT2D eigenvalue weighted by atomic mass is 32.2. The summed E-state index contributed by atoms with van der Waals surface area (Å²) in [5.74, 6) is -0.512. The smallest absolute Gasteiger partial charge is 0.261 e. The normalized spacial score (nSPS) is 11.4. The van der Waals surface area contributed by atoms with Gasteiger partial charge in [0, 0.05) is 23.6 Å². The summed E-state index contributed by atoms with van der Waals surface area (Å²) in [4.78, 5) is 28.6. The number of rotatable bonds is 7. The molecule has 3 aromatic carbocycles. The van der Waals surface area contributed by atoms with Crippen molar-refractivity contribution in [3.05, 3.63) is 105 Å². The van der Waals surface area contributed by atoms with E-state index < -0.39 is 21.4 Å². The van der Waals surface area contributed by atoms with Crippen LogP contribution in [0.15, 0.2) is 76.6 Å². The van der Waals surface area contributed by atoms with E-state index in [1.54, 1.807) is 6.07 Å². The van der Waals surface area contributed by atoms with Gasteiger partial charge in [-0.2, -0.15) is 0 Å². The number of fused-ring (bicyclic) bond motifs is 1. The lowest BCUT2D eigenvalue weighted by atomic mass is 10.1. The fourth-order valence-corrected chi connectivity index (χ4v) is 4.99. The number of pyridine rings is 1. The molecule has 0 radical (unpaired) electrons. The zero-order valence-electron chi connectivity index (χ0n) is 19.8. The molecule has 0 atom stereocenters. The molecule has 35 heavy (non-hydrogen) atoms. The van der Waals surface area contributed by atoms with Gasteiger partial charge in [-0.1, -0.05) is 47.5 Å². The average Bonchev–Trinajstić information content (AvgIpc) is 2.82. The molecule has 0 aliphatic heterocycles. The highest BCUT2D eigenvalue weighted by Crippen LogP contribution is 2.22. The van der Waals surface area contributed by atoms with Crippen LogP contribution in [0.4, 0.5) is 5.69 Å². The van der Waals surface area contributed by atoms with Gasteiger partial charge in [-0.15, -0.1) is 0 Å². The maximum Gasteiger partial charge on any atom is 0.261 e. The molecule has 1 heterocycles. The maximum atomic E-state index is 13.1. The number of hydrogen-bond donors (Lipinski definition) is 3. The Kier molecular flexibility index (Phi) is 6.75. The van der Waals surface area contributed by atoms with Gasteiger partial charge in [0.2, 0.25) is 5.43 Å². The van der Waals surface area contributed by atoms with Crippen LogP contribution in [0.5, 0.6) is 0 Å². The van der Waals surface area contributed by atoms with Crippen LogP contribution in [0.3, 0.4) is 0 Å². The molecule has 7 nitrogen and oxygen atoms in total. The van der Waals surface area contributed by atoms with Gasteiger partial charge in [-0.3, -0.25) is 14.3 Å². The van der Waals surface area contributed by atoms with Crippen molar-refractivity contribution in [3.8, 4) is 0 Å². The van der Waals surface area contributed by atoms with Gasteiger partial charge in [-0.25, -0.2) is 8.42 Å². The van der Waals surface area contributed by atoms with E-state index in [9.17, 15) is 18.0 Å². The monoisotopic (exact) mass is 489 g/mol. The van der Waals surface area contributed by atoms with Gasteiger partial charge in [0.15, 0.2) is 0 Å². The Labute approximate surface area is 204 Å². The quantitative estimate of drug-likeness (QED) is 0.361. The Morgan fingerprint density at radius 2 is 1.63 bits per heavy atom. The first-order valence-corrected chi connectivity index (χ1v) is 12.7. The third kappa shape index (κ3) is 5.44. The van der Waals surface area contributed by atoms with E-state index in [2.05, 4.69) is 15.0 Å². The maximum absolute atomic E-state index is 13.1. The number of sulfonamides is 1. The third-order valence-electron chi connectivity index (χ3n) is 5.85. The molecule has 0 bridgehead atoms. The Bertz CT molecular complexity index is 1570. The summed E-state index contributed by atoms with van der Waals surface area (Å²) >= 11 is 0. The standard InChI is InChI=1S/C27H27N3O4S/c1-17-4-7-20(8-5-17)12-13-28-27(32)23-16-29-25-11-9-21(15-22(25)26(23)31)35(33,34)30-24-10-6-18(2)14-19(24)3/h4-11,14-16,30H,12-13H2,1-3H3,(H,28,32)(H,29,31). The Morgan fingerprint density at radius 1 is 0.914 bits per heavy atom. The van der Waals surface area contributed by atoms with E-state index in [0.29, 0.717) is 24.2 Å². The Morgan fingerprint density at radius 3 is 2.34 bits per heavy atom. The molecular weight excluding hydrogens is 462 g/mol. The van der Waals surface area contributed by atoms with Crippen molar-refractivity contribution in [1.82, 2.24) is 10.3 Å². The molecule has 1 amide bonds. The number of benzene rings is 3. The number of carbonyl (C=O) groups excluding carboxylic acids is 1. The fourth-order valence-electron chi connectivity index (χ4n) is 3.84. The van der Waals surface area contributed by atoms with Crippen LogP contribution < -0.4 is 15.5 Å². The van der Waals surface area contributed by atoms with Gasteiger partial charge in [0.25, 0.3) is 15.9 Å². The zero-order valence-corrected chi connectivity index (χ0v) is 20.6. The van der Waals surface area contributed by atoms with Crippen LogP contribution in [0.2, 0.25) is 0 Å².